The largest absolute Gasteiger partial charge is 0.379 e. The zero-order chi connectivity index (χ0) is 18.6. The van der Waals surface area contributed by atoms with E-state index in [2.05, 4.69) is 10.6 Å². The summed E-state index contributed by atoms with van der Waals surface area (Å²) >= 11 is 5.80. The smallest absolute Gasteiger partial charge is 0.323 e. The van der Waals surface area contributed by atoms with Gasteiger partial charge in [-0.1, -0.05) is 11.6 Å². The third-order valence-corrected chi connectivity index (χ3v) is 5.99. The van der Waals surface area contributed by atoms with Crippen LogP contribution in [0.3, 0.4) is 0 Å². The van der Waals surface area contributed by atoms with Crippen molar-refractivity contribution in [2.45, 2.75) is 4.90 Å². The molecule has 1 aliphatic heterocycles. The van der Waals surface area contributed by atoms with Crippen molar-refractivity contribution < 1.29 is 17.9 Å². The summed E-state index contributed by atoms with van der Waals surface area (Å²) in [5.41, 5.74) is 1.08. The van der Waals surface area contributed by atoms with Gasteiger partial charge >= 0.3 is 6.03 Å². The molecule has 0 aliphatic carbocycles. The highest BCUT2D eigenvalue weighted by Crippen LogP contribution is 2.20. The van der Waals surface area contributed by atoms with Crippen molar-refractivity contribution in [2.75, 3.05) is 36.9 Å². The zero-order valence-corrected chi connectivity index (χ0v) is 15.4. The molecular weight excluding hydrogens is 378 g/mol. The second-order valence-electron chi connectivity index (χ2n) is 5.63. The van der Waals surface area contributed by atoms with Crippen LogP contribution < -0.4 is 10.6 Å². The molecule has 0 saturated carbocycles. The van der Waals surface area contributed by atoms with Gasteiger partial charge in [0.1, 0.15) is 0 Å². The van der Waals surface area contributed by atoms with Crippen LogP contribution in [0.2, 0.25) is 5.02 Å². The number of anilines is 2. The van der Waals surface area contributed by atoms with Crippen molar-refractivity contribution in [3.63, 3.8) is 0 Å². The molecule has 26 heavy (non-hydrogen) atoms. The van der Waals surface area contributed by atoms with Crippen LogP contribution in [0.5, 0.6) is 0 Å². The number of nitrogens with one attached hydrogen (secondary N) is 2. The van der Waals surface area contributed by atoms with Crippen LogP contribution in [-0.4, -0.2) is 45.1 Å². The first-order valence-corrected chi connectivity index (χ1v) is 9.78. The van der Waals surface area contributed by atoms with Gasteiger partial charge < -0.3 is 15.4 Å². The molecule has 7 nitrogen and oxygen atoms in total. The van der Waals surface area contributed by atoms with E-state index in [0.29, 0.717) is 42.7 Å². The number of carbonyl (C=O) groups excluding carboxylic acids is 1. The summed E-state index contributed by atoms with van der Waals surface area (Å²) in [6.45, 7) is 1.46. The Morgan fingerprint density at radius 1 is 0.923 bits per heavy atom. The number of hydrogen-bond donors (Lipinski definition) is 2. The third kappa shape index (κ3) is 4.53. The molecule has 1 heterocycles. The quantitative estimate of drug-likeness (QED) is 0.833. The average Bonchev–Trinajstić information content (AvgIpc) is 2.65. The first kappa shape index (κ1) is 18.7. The third-order valence-electron chi connectivity index (χ3n) is 3.82. The van der Waals surface area contributed by atoms with E-state index in [1.54, 1.807) is 36.4 Å². The number of benzene rings is 2. The standard InChI is InChI=1S/C17H18ClN3O4S/c18-13-1-3-14(4-2-13)19-17(22)20-15-5-7-16(8-6-15)26(23,24)21-9-11-25-12-10-21/h1-8H,9-12H2,(H2,19,20,22). The number of nitrogens with zero attached hydrogens (tertiary/aromatic N) is 1. The van der Waals surface area contributed by atoms with E-state index in [9.17, 15) is 13.2 Å². The first-order valence-electron chi connectivity index (χ1n) is 7.97. The molecule has 0 atom stereocenters. The van der Waals surface area contributed by atoms with Crippen molar-refractivity contribution in [1.29, 1.82) is 0 Å². The molecule has 0 unspecified atom stereocenters. The van der Waals surface area contributed by atoms with E-state index in [1.165, 1.54) is 16.4 Å². The molecule has 3 rings (SSSR count). The monoisotopic (exact) mass is 395 g/mol. The molecule has 2 amide bonds. The van der Waals surface area contributed by atoms with Crippen LogP contribution in [0.4, 0.5) is 16.2 Å². The minimum Gasteiger partial charge on any atom is -0.379 e. The maximum atomic E-state index is 12.5. The first-order chi connectivity index (χ1) is 12.4. The number of urea groups is 1. The van der Waals surface area contributed by atoms with Gasteiger partial charge in [0.05, 0.1) is 18.1 Å². The fourth-order valence-electron chi connectivity index (χ4n) is 2.47. The summed E-state index contributed by atoms with van der Waals surface area (Å²) in [6.07, 6.45) is 0. The van der Waals surface area contributed by atoms with E-state index in [4.69, 9.17) is 16.3 Å². The lowest BCUT2D eigenvalue weighted by atomic mass is 10.3. The van der Waals surface area contributed by atoms with Crippen LogP contribution in [0.1, 0.15) is 0 Å². The molecule has 0 bridgehead atoms. The Morgan fingerprint density at radius 2 is 1.42 bits per heavy atom. The van der Waals surface area contributed by atoms with Crippen LogP contribution in [-0.2, 0) is 14.8 Å². The molecule has 1 saturated heterocycles. The summed E-state index contributed by atoms with van der Waals surface area (Å²) in [7, 11) is -3.55. The van der Waals surface area contributed by atoms with Crippen LogP contribution in [0.15, 0.2) is 53.4 Å². The fraction of sp³-hybridized carbons (Fsp3) is 0.235. The summed E-state index contributed by atoms with van der Waals surface area (Å²) < 4.78 is 31.7. The number of amides is 2. The zero-order valence-electron chi connectivity index (χ0n) is 13.8. The normalized spacial score (nSPS) is 15.4. The number of sulfonamides is 1. The Hall–Kier alpha value is -2.13. The van der Waals surface area contributed by atoms with E-state index in [-0.39, 0.29) is 4.90 Å². The van der Waals surface area contributed by atoms with Gasteiger partial charge in [-0.2, -0.15) is 4.31 Å². The van der Waals surface area contributed by atoms with Crippen molar-refractivity contribution in [3.05, 3.63) is 53.6 Å². The molecule has 2 aromatic carbocycles. The van der Waals surface area contributed by atoms with Gasteiger partial charge in [-0.25, -0.2) is 13.2 Å². The van der Waals surface area contributed by atoms with Gasteiger partial charge in [0.15, 0.2) is 0 Å². The van der Waals surface area contributed by atoms with Gasteiger partial charge in [0.2, 0.25) is 10.0 Å². The Labute approximate surface area is 157 Å². The highest BCUT2D eigenvalue weighted by molar-refractivity contribution is 7.89. The maximum Gasteiger partial charge on any atom is 0.323 e. The second-order valence-corrected chi connectivity index (χ2v) is 8.00. The van der Waals surface area contributed by atoms with Crippen LogP contribution in [0, 0.1) is 0 Å². The fourth-order valence-corrected chi connectivity index (χ4v) is 4.01. The van der Waals surface area contributed by atoms with Gasteiger partial charge in [0.25, 0.3) is 0 Å². The number of carbonyl (C=O) groups is 1. The average molecular weight is 396 g/mol. The summed E-state index contributed by atoms with van der Waals surface area (Å²) in [5.74, 6) is 0. The molecular formula is C17H18ClN3O4S. The Balaban J connectivity index is 1.63. The molecule has 0 spiro atoms. The van der Waals surface area contributed by atoms with Gasteiger partial charge in [-0.3, -0.25) is 0 Å². The van der Waals surface area contributed by atoms with Crippen LogP contribution >= 0.6 is 11.6 Å². The number of halogens is 1. The molecule has 0 aromatic heterocycles. The molecule has 1 fully saturated rings. The number of hydrogen-bond acceptors (Lipinski definition) is 4. The Bertz CT molecular complexity index is 864. The van der Waals surface area contributed by atoms with Crippen molar-refractivity contribution in [1.82, 2.24) is 4.31 Å². The highest BCUT2D eigenvalue weighted by atomic mass is 35.5. The highest BCUT2D eigenvalue weighted by Gasteiger charge is 2.26. The molecule has 1 aliphatic rings. The minimum absolute atomic E-state index is 0.183. The molecule has 0 radical (unpaired) electrons. The van der Waals surface area contributed by atoms with Gasteiger partial charge in [-0.05, 0) is 48.5 Å². The van der Waals surface area contributed by atoms with Gasteiger partial charge in [0, 0.05) is 29.5 Å². The molecule has 9 heteroatoms. The number of morpholine rings is 1. The van der Waals surface area contributed by atoms with E-state index >= 15 is 0 Å². The Morgan fingerprint density at radius 3 is 1.96 bits per heavy atom. The molecule has 2 N–H and O–H groups in total. The molecule has 138 valence electrons. The molecule has 2 aromatic rings. The minimum atomic E-state index is -3.55. The Kier molecular flexibility index (Phi) is 5.77. The van der Waals surface area contributed by atoms with Crippen molar-refractivity contribution in [3.8, 4) is 0 Å². The van der Waals surface area contributed by atoms with E-state index < -0.39 is 16.1 Å². The van der Waals surface area contributed by atoms with E-state index in [1.807, 2.05) is 0 Å². The SMILES string of the molecule is O=C(Nc1ccc(Cl)cc1)Nc1ccc(S(=O)(=O)N2CCOCC2)cc1. The summed E-state index contributed by atoms with van der Waals surface area (Å²) in [4.78, 5) is 12.2. The predicted octanol–water partition coefficient (Wildman–Crippen LogP) is 3.00. The van der Waals surface area contributed by atoms with Crippen molar-refractivity contribution in [2.24, 2.45) is 0 Å². The lowest BCUT2D eigenvalue weighted by Crippen LogP contribution is -2.40. The number of ether oxygens (including phenoxy) is 1. The van der Waals surface area contributed by atoms with Crippen molar-refractivity contribution >= 4 is 39.0 Å². The number of rotatable bonds is 4. The van der Waals surface area contributed by atoms with Crippen LogP contribution in [0.25, 0.3) is 0 Å². The van der Waals surface area contributed by atoms with E-state index in [0.717, 1.165) is 0 Å². The lowest BCUT2D eigenvalue weighted by molar-refractivity contribution is 0.0730. The predicted molar refractivity (Wildman–Crippen MR) is 100 cm³/mol. The maximum absolute atomic E-state index is 12.5. The lowest BCUT2D eigenvalue weighted by Gasteiger charge is -2.26. The second kappa shape index (κ2) is 8.05. The topological polar surface area (TPSA) is 87.7 Å². The summed E-state index contributed by atoms with van der Waals surface area (Å²) in [5, 5.41) is 5.89. The summed E-state index contributed by atoms with van der Waals surface area (Å²) in [6, 6.07) is 12.3. The van der Waals surface area contributed by atoms with Gasteiger partial charge in [-0.15, -0.1) is 0 Å².